The molecule has 7 heteroatoms. The van der Waals surface area contributed by atoms with Gasteiger partial charge in [-0.2, -0.15) is 10.2 Å². The molecule has 0 bridgehead atoms. The van der Waals surface area contributed by atoms with Gasteiger partial charge in [-0.05, 0) is 13.8 Å². The van der Waals surface area contributed by atoms with Gasteiger partial charge in [-0.25, -0.2) is 0 Å². The fourth-order valence-corrected chi connectivity index (χ4v) is 3.78. The van der Waals surface area contributed by atoms with E-state index in [0.717, 1.165) is 0 Å². The van der Waals surface area contributed by atoms with E-state index in [1.54, 1.807) is 20.1 Å². The van der Waals surface area contributed by atoms with E-state index in [9.17, 15) is 9.90 Å². The van der Waals surface area contributed by atoms with Crippen LogP contribution in [0.1, 0.15) is 13.8 Å². The molecule has 1 N–H and O–H groups in total. The summed E-state index contributed by atoms with van der Waals surface area (Å²) in [6.07, 6.45) is 1.55. The molecule has 21 heavy (non-hydrogen) atoms. The number of morpholine rings is 1. The molecular weight excluding hydrogens is 274 g/mol. The minimum Gasteiger partial charge on any atom is -0.395 e. The number of rotatable bonds is 3. The second-order valence-electron chi connectivity index (χ2n) is 5.91. The van der Waals surface area contributed by atoms with E-state index in [2.05, 4.69) is 10.2 Å². The van der Waals surface area contributed by atoms with E-state index >= 15 is 0 Å². The number of fused-ring (bicyclic) bond motifs is 3. The molecule has 0 spiro atoms. The summed E-state index contributed by atoms with van der Waals surface area (Å²) >= 11 is 0. The molecule has 4 atom stereocenters. The number of ether oxygens (including phenoxy) is 2. The number of hydrogen-bond donors (Lipinski definition) is 1. The minimum atomic E-state index is -1.03. The van der Waals surface area contributed by atoms with Crippen molar-refractivity contribution in [1.82, 2.24) is 4.90 Å². The lowest BCUT2D eigenvalue weighted by molar-refractivity contribution is -0.267. The first kappa shape index (κ1) is 14.6. The van der Waals surface area contributed by atoms with Crippen molar-refractivity contribution in [2.24, 2.45) is 16.1 Å². The highest BCUT2D eigenvalue weighted by atomic mass is 16.7. The highest BCUT2D eigenvalue weighted by Gasteiger charge is 2.65. The average molecular weight is 295 g/mol. The van der Waals surface area contributed by atoms with Gasteiger partial charge in [0.05, 0.1) is 30.9 Å². The molecule has 3 aliphatic rings. The third-order valence-corrected chi connectivity index (χ3v) is 4.76. The lowest BCUT2D eigenvalue weighted by atomic mass is 9.69. The molecule has 0 saturated carbocycles. The highest BCUT2D eigenvalue weighted by Crippen LogP contribution is 2.51. The van der Waals surface area contributed by atoms with Crippen molar-refractivity contribution in [2.75, 3.05) is 33.4 Å². The first-order chi connectivity index (χ1) is 9.99. The Hall–Kier alpha value is -1.31. The van der Waals surface area contributed by atoms with Crippen LogP contribution in [0.15, 0.2) is 22.0 Å². The van der Waals surface area contributed by atoms with E-state index in [1.165, 1.54) is 0 Å². The van der Waals surface area contributed by atoms with Crippen LogP contribution >= 0.6 is 0 Å². The van der Waals surface area contributed by atoms with Gasteiger partial charge in [0.25, 0.3) is 0 Å². The van der Waals surface area contributed by atoms with Crippen molar-refractivity contribution in [1.29, 1.82) is 0 Å². The molecule has 2 heterocycles. The predicted molar refractivity (Wildman–Crippen MR) is 73.7 cm³/mol. The molecule has 0 aromatic rings. The van der Waals surface area contributed by atoms with Crippen molar-refractivity contribution in [3.8, 4) is 0 Å². The Kier molecular flexibility index (Phi) is 3.38. The van der Waals surface area contributed by atoms with Crippen molar-refractivity contribution in [3.63, 3.8) is 0 Å². The Bertz CT molecular complexity index is 518. The molecule has 1 aliphatic carbocycles. The molecule has 116 valence electrons. The van der Waals surface area contributed by atoms with Gasteiger partial charge in [-0.15, -0.1) is 0 Å². The number of carbonyl (C=O) groups is 1. The molecule has 3 rings (SSSR count). The van der Waals surface area contributed by atoms with Crippen LogP contribution in [0, 0.1) is 5.92 Å². The fourth-order valence-electron chi connectivity index (χ4n) is 3.78. The fraction of sp³-hybridized carbons (Fsp3) is 0.786. The SMILES string of the molecule is CO[C@]12OCCN(CCO)C1=CC(=O)[C@@]1(C)N=N[C@@H](C)[C@H]21. The summed E-state index contributed by atoms with van der Waals surface area (Å²) in [4.78, 5) is 14.5. The third kappa shape index (κ3) is 1.81. The number of aliphatic hydroxyl groups is 1. The van der Waals surface area contributed by atoms with Gasteiger partial charge in [-0.1, -0.05) is 0 Å². The lowest BCUT2D eigenvalue weighted by Crippen LogP contribution is -2.65. The molecular formula is C14H21N3O4. The molecule has 0 radical (unpaired) electrons. The van der Waals surface area contributed by atoms with Crippen LogP contribution in [0.5, 0.6) is 0 Å². The molecule has 1 fully saturated rings. The van der Waals surface area contributed by atoms with Crippen LogP contribution in [0.3, 0.4) is 0 Å². The van der Waals surface area contributed by atoms with Gasteiger partial charge in [0.15, 0.2) is 11.3 Å². The number of hydrogen-bond acceptors (Lipinski definition) is 7. The zero-order valence-corrected chi connectivity index (χ0v) is 12.6. The second-order valence-corrected chi connectivity index (χ2v) is 5.91. The van der Waals surface area contributed by atoms with Crippen molar-refractivity contribution in [2.45, 2.75) is 31.2 Å². The first-order valence-corrected chi connectivity index (χ1v) is 7.23. The van der Waals surface area contributed by atoms with Crippen LogP contribution in [-0.2, 0) is 14.3 Å². The summed E-state index contributed by atoms with van der Waals surface area (Å²) in [7, 11) is 1.58. The van der Waals surface area contributed by atoms with E-state index in [0.29, 0.717) is 25.4 Å². The smallest absolute Gasteiger partial charge is 0.217 e. The second kappa shape index (κ2) is 4.86. The predicted octanol–water partition coefficient (Wildman–Crippen LogP) is 0.349. The lowest BCUT2D eigenvalue weighted by Gasteiger charge is -2.52. The highest BCUT2D eigenvalue weighted by molar-refractivity contribution is 6.00. The summed E-state index contributed by atoms with van der Waals surface area (Å²) in [6, 6.07) is -0.170. The van der Waals surface area contributed by atoms with E-state index in [-0.39, 0.29) is 24.3 Å². The molecule has 2 aliphatic heterocycles. The van der Waals surface area contributed by atoms with Crippen LogP contribution in [0.4, 0.5) is 0 Å². The standard InChI is InChI=1S/C14H21N3O4/c1-9-12-13(2,16-15-9)11(19)8-10-14(12,20-3)21-7-5-17(10)4-6-18/h8-9,12,18H,4-7H2,1-3H3/t9-,12-,13+,14-/m0/s1. The summed E-state index contributed by atoms with van der Waals surface area (Å²) in [5.41, 5.74) is -0.266. The Balaban J connectivity index is 2.12. The number of β-amino-alcohol motifs (C(OH)–C–C–N with tert-alkyl or cyclic N) is 1. The Morgan fingerprint density at radius 1 is 1.62 bits per heavy atom. The number of ketones is 1. The number of carbonyl (C=O) groups excluding carboxylic acids is 1. The molecule has 0 aromatic carbocycles. The van der Waals surface area contributed by atoms with Crippen molar-refractivity contribution < 1.29 is 19.4 Å². The zero-order valence-electron chi connectivity index (χ0n) is 12.6. The normalized spacial score (nSPS) is 41.8. The monoisotopic (exact) mass is 295 g/mol. The summed E-state index contributed by atoms with van der Waals surface area (Å²) in [6.45, 7) is 5.26. The van der Waals surface area contributed by atoms with Gasteiger partial charge in [0, 0.05) is 26.3 Å². The van der Waals surface area contributed by atoms with Crippen LogP contribution in [0.2, 0.25) is 0 Å². The third-order valence-electron chi connectivity index (χ3n) is 4.76. The molecule has 0 aromatic heterocycles. The average Bonchev–Trinajstić information content (AvgIpc) is 2.79. The molecule has 0 amide bonds. The van der Waals surface area contributed by atoms with Gasteiger partial charge in [-0.3, -0.25) is 4.79 Å². The topological polar surface area (TPSA) is 83.7 Å². The maximum Gasteiger partial charge on any atom is 0.217 e. The Morgan fingerprint density at radius 2 is 2.38 bits per heavy atom. The summed E-state index contributed by atoms with van der Waals surface area (Å²) < 4.78 is 11.8. The molecule has 1 saturated heterocycles. The Morgan fingerprint density at radius 3 is 3.05 bits per heavy atom. The van der Waals surface area contributed by atoms with E-state index in [1.807, 2.05) is 11.8 Å². The van der Waals surface area contributed by atoms with E-state index < -0.39 is 11.3 Å². The first-order valence-electron chi connectivity index (χ1n) is 7.23. The minimum absolute atomic E-state index is 0.0115. The Labute approximate surface area is 123 Å². The number of aliphatic hydroxyl groups excluding tert-OH is 1. The van der Waals surface area contributed by atoms with Gasteiger partial charge in [0.2, 0.25) is 5.79 Å². The summed E-state index contributed by atoms with van der Waals surface area (Å²) in [5, 5.41) is 17.7. The number of methoxy groups -OCH3 is 1. The molecule has 7 nitrogen and oxygen atoms in total. The van der Waals surface area contributed by atoms with Crippen LogP contribution in [-0.4, -0.2) is 66.6 Å². The number of azo groups is 1. The quantitative estimate of drug-likeness (QED) is 0.812. The van der Waals surface area contributed by atoms with Crippen molar-refractivity contribution in [3.05, 3.63) is 11.8 Å². The van der Waals surface area contributed by atoms with Crippen LogP contribution in [0.25, 0.3) is 0 Å². The summed E-state index contributed by atoms with van der Waals surface area (Å²) in [5.74, 6) is -1.42. The number of nitrogens with zero attached hydrogens (tertiary/aromatic N) is 3. The van der Waals surface area contributed by atoms with E-state index in [4.69, 9.17) is 9.47 Å². The largest absolute Gasteiger partial charge is 0.395 e. The van der Waals surface area contributed by atoms with Gasteiger partial charge >= 0.3 is 0 Å². The van der Waals surface area contributed by atoms with Gasteiger partial charge < -0.3 is 19.5 Å². The maximum atomic E-state index is 12.6. The molecule has 0 unspecified atom stereocenters. The van der Waals surface area contributed by atoms with Crippen molar-refractivity contribution >= 4 is 5.78 Å². The maximum absolute atomic E-state index is 12.6. The van der Waals surface area contributed by atoms with Crippen LogP contribution < -0.4 is 0 Å². The zero-order chi connectivity index (χ0) is 15.3. The van der Waals surface area contributed by atoms with Gasteiger partial charge in [0.1, 0.15) is 0 Å².